The van der Waals surface area contributed by atoms with E-state index < -0.39 is 0 Å². The van der Waals surface area contributed by atoms with Crippen LogP contribution in [0.1, 0.15) is 21.5 Å². The second-order valence-electron chi connectivity index (χ2n) is 7.71. The lowest BCUT2D eigenvalue weighted by Gasteiger charge is -2.24. The highest BCUT2D eigenvalue weighted by Crippen LogP contribution is 2.30. The summed E-state index contributed by atoms with van der Waals surface area (Å²) in [5.41, 5.74) is 2.99. The number of benzene rings is 3. The van der Waals surface area contributed by atoms with Crippen molar-refractivity contribution in [2.75, 3.05) is 21.3 Å². The first-order valence-electron chi connectivity index (χ1n) is 10.7. The maximum atomic E-state index is 13.5. The second kappa shape index (κ2) is 10.4. The number of carbonyl (C=O) groups excluding carboxylic acids is 1. The average Bonchev–Trinajstić information content (AvgIpc) is 2.88. The van der Waals surface area contributed by atoms with Gasteiger partial charge in [0, 0.05) is 29.6 Å². The number of carbonyl (C=O) groups is 1. The van der Waals surface area contributed by atoms with Gasteiger partial charge in [0.2, 0.25) is 0 Å². The minimum atomic E-state index is -0.114. The number of rotatable bonds is 8. The Morgan fingerprint density at radius 2 is 1.62 bits per heavy atom. The summed E-state index contributed by atoms with van der Waals surface area (Å²) >= 11 is 6.55. The smallest absolute Gasteiger partial charge is 0.254 e. The third kappa shape index (κ3) is 5.07. The van der Waals surface area contributed by atoms with Crippen molar-refractivity contribution in [3.8, 4) is 17.2 Å². The molecule has 1 heterocycles. The first kappa shape index (κ1) is 23.4. The van der Waals surface area contributed by atoms with Crippen LogP contribution in [0.3, 0.4) is 0 Å². The number of pyridine rings is 1. The first-order valence-corrected chi connectivity index (χ1v) is 11.1. The fourth-order valence-electron chi connectivity index (χ4n) is 3.78. The lowest BCUT2D eigenvalue weighted by atomic mass is 10.1. The van der Waals surface area contributed by atoms with Crippen molar-refractivity contribution >= 4 is 28.4 Å². The fraction of sp³-hybridized carbons (Fsp3) is 0.185. The molecule has 0 atom stereocenters. The van der Waals surface area contributed by atoms with Gasteiger partial charge in [0.1, 0.15) is 10.9 Å². The molecule has 3 aromatic carbocycles. The summed E-state index contributed by atoms with van der Waals surface area (Å²) in [7, 11) is 4.80. The molecule has 0 unspecified atom stereocenters. The summed E-state index contributed by atoms with van der Waals surface area (Å²) in [6.45, 7) is 0.627. The van der Waals surface area contributed by atoms with Crippen LogP contribution in [-0.2, 0) is 13.1 Å². The molecule has 1 aromatic heterocycles. The zero-order valence-corrected chi connectivity index (χ0v) is 20.0. The van der Waals surface area contributed by atoms with Crippen molar-refractivity contribution in [1.29, 1.82) is 0 Å². The molecule has 0 radical (unpaired) electrons. The van der Waals surface area contributed by atoms with Gasteiger partial charge in [0.25, 0.3) is 5.91 Å². The van der Waals surface area contributed by atoms with Gasteiger partial charge < -0.3 is 19.1 Å². The molecule has 0 aliphatic heterocycles. The van der Waals surface area contributed by atoms with E-state index >= 15 is 0 Å². The van der Waals surface area contributed by atoms with Crippen LogP contribution in [0.5, 0.6) is 17.2 Å². The standard InChI is InChI=1S/C27H25ClN2O4/c1-32-22-10-11-23-20(15-22)14-21(26(28)29-23)17-30(27(31)19-7-5-4-6-8-19)16-18-9-12-24(33-2)25(13-18)34-3/h4-15H,16-17H2,1-3H3. The number of halogens is 1. The number of methoxy groups -OCH3 is 3. The van der Waals surface area contributed by atoms with Crippen LogP contribution < -0.4 is 14.2 Å². The van der Waals surface area contributed by atoms with Crippen LogP contribution >= 0.6 is 11.6 Å². The van der Waals surface area contributed by atoms with E-state index in [4.69, 9.17) is 25.8 Å². The molecule has 0 saturated carbocycles. The number of fused-ring (bicyclic) bond motifs is 1. The third-order valence-corrected chi connectivity index (χ3v) is 5.87. The highest BCUT2D eigenvalue weighted by Gasteiger charge is 2.20. The number of hydrogen-bond acceptors (Lipinski definition) is 5. The Morgan fingerprint density at radius 1 is 0.853 bits per heavy atom. The Morgan fingerprint density at radius 3 is 2.32 bits per heavy atom. The maximum Gasteiger partial charge on any atom is 0.254 e. The van der Waals surface area contributed by atoms with E-state index in [2.05, 4.69) is 4.98 Å². The zero-order chi connectivity index (χ0) is 24.1. The molecule has 0 bridgehead atoms. The van der Waals surface area contributed by atoms with E-state index in [0.29, 0.717) is 28.8 Å². The number of ether oxygens (including phenoxy) is 3. The molecule has 0 aliphatic rings. The molecule has 1 amide bonds. The molecular formula is C27H25ClN2O4. The van der Waals surface area contributed by atoms with Gasteiger partial charge in [-0.1, -0.05) is 35.9 Å². The van der Waals surface area contributed by atoms with Gasteiger partial charge in [-0.25, -0.2) is 4.98 Å². The highest BCUT2D eigenvalue weighted by molar-refractivity contribution is 6.30. The molecule has 0 aliphatic carbocycles. The molecule has 4 rings (SSSR count). The van der Waals surface area contributed by atoms with Crippen molar-refractivity contribution in [3.05, 3.63) is 94.6 Å². The van der Waals surface area contributed by atoms with Crippen molar-refractivity contribution in [2.24, 2.45) is 0 Å². The molecule has 174 valence electrons. The molecule has 6 nitrogen and oxygen atoms in total. The Labute approximate surface area is 203 Å². The molecule has 0 N–H and O–H groups in total. The molecule has 0 fully saturated rings. The summed E-state index contributed by atoms with van der Waals surface area (Å²) in [6, 6.07) is 22.3. The fourth-order valence-corrected chi connectivity index (χ4v) is 3.99. The summed E-state index contributed by atoms with van der Waals surface area (Å²) in [5.74, 6) is 1.84. The third-order valence-electron chi connectivity index (χ3n) is 5.54. The maximum absolute atomic E-state index is 13.5. The van der Waals surface area contributed by atoms with Crippen LogP contribution in [0.15, 0.2) is 72.8 Å². The molecule has 7 heteroatoms. The van der Waals surface area contributed by atoms with Gasteiger partial charge in [0.15, 0.2) is 11.5 Å². The summed E-state index contributed by atoms with van der Waals surface area (Å²) in [4.78, 5) is 19.8. The van der Waals surface area contributed by atoms with Gasteiger partial charge in [-0.15, -0.1) is 0 Å². The van der Waals surface area contributed by atoms with E-state index in [0.717, 1.165) is 27.8 Å². The van der Waals surface area contributed by atoms with Crippen LogP contribution in [-0.4, -0.2) is 37.1 Å². The molecular weight excluding hydrogens is 452 g/mol. The lowest BCUT2D eigenvalue weighted by molar-refractivity contribution is 0.0730. The average molecular weight is 477 g/mol. The van der Waals surface area contributed by atoms with E-state index in [-0.39, 0.29) is 12.5 Å². The Bertz CT molecular complexity index is 1310. The Hall–Kier alpha value is -3.77. The predicted octanol–water partition coefficient (Wildman–Crippen LogP) is 5.76. The summed E-state index contributed by atoms with van der Waals surface area (Å²) < 4.78 is 16.1. The predicted molar refractivity (Wildman–Crippen MR) is 133 cm³/mol. The normalized spacial score (nSPS) is 10.7. The van der Waals surface area contributed by atoms with Crippen LogP contribution in [0.2, 0.25) is 5.15 Å². The Balaban J connectivity index is 1.71. The largest absolute Gasteiger partial charge is 0.497 e. The lowest BCUT2D eigenvalue weighted by Crippen LogP contribution is -2.30. The topological polar surface area (TPSA) is 60.9 Å². The molecule has 4 aromatic rings. The monoisotopic (exact) mass is 476 g/mol. The SMILES string of the molecule is COc1ccc2nc(Cl)c(CN(Cc3ccc(OC)c(OC)c3)C(=O)c3ccccc3)cc2c1. The minimum Gasteiger partial charge on any atom is -0.497 e. The molecule has 0 spiro atoms. The van der Waals surface area contributed by atoms with E-state index in [1.54, 1.807) is 38.4 Å². The quantitative estimate of drug-likeness (QED) is 0.303. The van der Waals surface area contributed by atoms with Gasteiger partial charge in [-0.05, 0) is 54.1 Å². The Kier molecular flexibility index (Phi) is 7.18. The van der Waals surface area contributed by atoms with E-state index in [9.17, 15) is 4.79 Å². The second-order valence-corrected chi connectivity index (χ2v) is 8.07. The molecule has 0 saturated heterocycles. The van der Waals surface area contributed by atoms with Crippen molar-refractivity contribution in [3.63, 3.8) is 0 Å². The minimum absolute atomic E-state index is 0.114. The van der Waals surface area contributed by atoms with Crippen molar-refractivity contribution in [1.82, 2.24) is 9.88 Å². The van der Waals surface area contributed by atoms with Crippen LogP contribution in [0.4, 0.5) is 0 Å². The van der Waals surface area contributed by atoms with Gasteiger partial charge in [0.05, 0.1) is 26.8 Å². The number of hydrogen-bond donors (Lipinski definition) is 0. The highest BCUT2D eigenvalue weighted by atomic mass is 35.5. The number of amides is 1. The molecule has 34 heavy (non-hydrogen) atoms. The van der Waals surface area contributed by atoms with Crippen molar-refractivity contribution in [2.45, 2.75) is 13.1 Å². The first-order chi connectivity index (χ1) is 16.5. The van der Waals surface area contributed by atoms with E-state index in [1.807, 2.05) is 60.7 Å². The zero-order valence-electron chi connectivity index (χ0n) is 19.2. The van der Waals surface area contributed by atoms with Gasteiger partial charge >= 0.3 is 0 Å². The van der Waals surface area contributed by atoms with Crippen molar-refractivity contribution < 1.29 is 19.0 Å². The van der Waals surface area contributed by atoms with Crippen LogP contribution in [0, 0.1) is 0 Å². The van der Waals surface area contributed by atoms with E-state index in [1.165, 1.54) is 0 Å². The number of nitrogens with zero attached hydrogens (tertiary/aromatic N) is 2. The summed E-state index contributed by atoms with van der Waals surface area (Å²) in [5, 5.41) is 1.24. The number of aromatic nitrogens is 1. The summed E-state index contributed by atoms with van der Waals surface area (Å²) in [6.07, 6.45) is 0. The van der Waals surface area contributed by atoms with Crippen LogP contribution in [0.25, 0.3) is 10.9 Å². The van der Waals surface area contributed by atoms with Gasteiger partial charge in [-0.2, -0.15) is 0 Å². The van der Waals surface area contributed by atoms with Gasteiger partial charge in [-0.3, -0.25) is 4.79 Å².